The van der Waals surface area contributed by atoms with Gasteiger partial charge in [0.1, 0.15) is 5.76 Å². The minimum absolute atomic E-state index is 0.396. The molecular weight excluding hydrogens is 192 g/mol. The van der Waals surface area contributed by atoms with Gasteiger partial charge in [-0.3, -0.25) is 0 Å². The first-order valence-corrected chi connectivity index (χ1v) is 4.20. The van der Waals surface area contributed by atoms with Crippen LogP contribution >= 0.6 is 15.9 Å². The minimum atomic E-state index is 0.396. The van der Waals surface area contributed by atoms with Crippen LogP contribution in [-0.2, 0) is 0 Å². The van der Waals surface area contributed by atoms with E-state index in [0.29, 0.717) is 11.1 Å². The van der Waals surface area contributed by atoms with Gasteiger partial charge < -0.3 is 5.11 Å². The number of hydrogen-bond donors (Lipinski definition) is 1. The highest BCUT2D eigenvalue weighted by Gasteiger charge is 2.02. The zero-order valence-electron chi connectivity index (χ0n) is 5.76. The van der Waals surface area contributed by atoms with E-state index in [1.165, 1.54) is 5.57 Å². The monoisotopic (exact) mass is 200 g/mol. The first-order valence-electron chi connectivity index (χ1n) is 3.08. The molecule has 0 heterocycles. The number of alkyl halides is 1. The molecule has 1 aliphatic rings. The molecule has 2 heteroatoms. The molecule has 0 aliphatic heterocycles. The third-order valence-electron chi connectivity index (χ3n) is 1.37. The molecule has 0 aromatic carbocycles. The lowest BCUT2D eigenvalue weighted by Crippen LogP contribution is -1.84. The number of hydrogen-bond acceptors (Lipinski definition) is 1. The summed E-state index contributed by atoms with van der Waals surface area (Å²) in [6.45, 7) is 2.00. The molecule has 0 aromatic heterocycles. The maximum atomic E-state index is 9.21. The van der Waals surface area contributed by atoms with Gasteiger partial charge in [0.05, 0.1) is 5.33 Å². The van der Waals surface area contributed by atoms with Crippen molar-refractivity contribution < 1.29 is 5.11 Å². The molecule has 0 saturated carbocycles. The van der Waals surface area contributed by atoms with Gasteiger partial charge in [0.15, 0.2) is 0 Å². The standard InChI is InChI=1S/C8H9BrO/c1-6-2-3-7(4-6)8(10)5-9/h2-4,10H,5H2,1H3. The zero-order chi connectivity index (χ0) is 7.56. The van der Waals surface area contributed by atoms with E-state index in [1.807, 2.05) is 25.2 Å². The highest BCUT2D eigenvalue weighted by molar-refractivity contribution is 9.09. The molecule has 0 bridgehead atoms. The highest BCUT2D eigenvalue weighted by atomic mass is 79.9. The number of aliphatic hydroxyl groups is 1. The first-order chi connectivity index (χ1) is 4.74. The Kier molecular flexibility index (Phi) is 2.33. The molecule has 0 saturated heterocycles. The smallest absolute Gasteiger partial charge is 0.110 e. The summed E-state index contributed by atoms with van der Waals surface area (Å²) in [5.74, 6) is 0.396. The van der Waals surface area contributed by atoms with Gasteiger partial charge in [-0.15, -0.1) is 0 Å². The predicted molar refractivity (Wildman–Crippen MR) is 46.3 cm³/mol. The van der Waals surface area contributed by atoms with Crippen LogP contribution in [0.5, 0.6) is 0 Å². The molecule has 10 heavy (non-hydrogen) atoms. The molecule has 1 N–H and O–H groups in total. The van der Waals surface area contributed by atoms with E-state index < -0.39 is 0 Å². The van der Waals surface area contributed by atoms with Crippen LogP contribution in [0.2, 0.25) is 0 Å². The van der Waals surface area contributed by atoms with Crippen LogP contribution in [-0.4, -0.2) is 10.4 Å². The Hall–Kier alpha value is -0.500. The van der Waals surface area contributed by atoms with E-state index in [9.17, 15) is 5.11 Å². The van der Waals surface area contributed by atoms with Gasteiger partial charge in [0.25, 0.3) is 0 Å². The molecule has 1 aliphatic carbocycles. The van der Waals surface area contributed by atoms with E-state index in [0.717, 1.165) is 5.57 Å². The second-order valence-electron chi connectivity index (χ2n) is 2.26. The Labute approximate surface area is 68.9 Å². The molecular formula is C8H9BrO. The Balaban J connectivity index is 2.88. The average molecular weight is 201 g/mol. The minimum Gasteiger partial charge on any atom is -0.511 e. The van der Waals surface area contributed by atoms with Crippen molar-refractivity contribution in [3.05, 3.63) is 35.1 Å². The summed E-state index contributed by atoms with van der Waals surface area (Å²) >= 11 is 3.17. The largest absolute Gasteiger partial charge is 0.511 e. The van der Waals surface area contributed by atoms with Crippen LogP contribution in [0.25, 0.3) is 0 Å². The lowest BCUT2D eigenvalue weighted by molar-refractivity contribution is 0.415. The molecule has 1 rings (SSSR count). The number of rotatable bonds is 1. The summed E-state index contributed by atoms with van der Waals surface area (Å²) in [7, 11) is 0. The van der Waals surface area contributed by atoms with E-state index in [1.54, 1.807) is 0 Å². The van der Waals surface area contributed by atoms with E-state index >= 15 is 0 Å². The normalized spacial score (nSPS) is 21.2. The third kappa shape index (κ3) is 1.51. The fourth-order valence-electron chi connectivity index (χ4n) is 0.819. The van der Waals surface area contributed by atoms with Crippen LogP contribution in [0.3, 0.4) is 0 Å². The van der Waals surface area contributed by atoms with Gasteiger partial charge in [-0.05, 0) is 13.0 Å². The van der Waals surface area contributed by atoms with E-state index in [4.69, 9.17) is 0 Å². The van der Waals surface area contributed by atoms with Gasteiger partial charge >= 0.3 is 0 Å². The van der Waals surface area contributed by atoms with Crippen molar-refractivity contribution in [1.29, 1.82) is 0 Å². The number of halogens is 1. The van der Waals surface area contributed by atoms with E-state index in [2.05, 4.69) is 15.9 Å². The SMILES string of the molecule is CC1=CC(=C(O)CBr)C=C1. The van der Waals surface area contributed by atoms with Gasteiger partial charge in [0.2, 0.25) is 0 Å². The molecule has 0 amide bonds. The van der Waals surface area contributed by atoms with Crippen molar-refractivity contribution in [3.63, 3.8) is 0 Å². The van der Waals surface area contributed by atoms with Crippen LogP contribution in [0, 0.1) is 0 Å². The number of aliphatic hydroxyl groups excluding tert-OH is 1. The Bertz CT molecular complexity index is 223. The van der Waals surface area contributed by atoms with Gasteiger partial charge in [0, 0.05) is 5.57 Å². The van der Waals surface area contributed by atoms with Crippen molar-refractivity contribution in [2.75, 3.05) is 5.33 Å². The second-order valence-corrected chi connectivity index (χ2v) is 2.82. The summed E-state index contributed by atoms with van der Waals surface area (Å²) < 4.78 is 0. The predicted octanol–water partition coefficient (Wildman–Crippen LogP) is 2.71. The maximum absolute atomic E-state index is 9.21. The van der Waals surface area contributed by atoms with Crippen molar-refractivity contribution in [3.8, 4) is 0 Å². The molecule has 0 aromatic rings. The zero-order valence-corrected chi connectivity index (χ0v) is 7.35. The fraction of sp³-hybridized carbons (Fsp3) is 0.250. The van der Waals surface area contributed by atoms with Gasteiger partial charge in [-0.25, -0.2) is 0 Å². The van der Waals surface area contributed by atoms with Gasteiger partial charge in [-0.2, -0.15) is 0 Å². The van der Waals surface area contributed by atoms with Crippen LogP contribution < -0.4 is 0 Å². The topological polar surface area (TPSA) is 20.2 Å². The third-order valence-corrected chi connectivity index (χ3v) is 1.90. The molecule has 0 radical (unpaired) electrons. The lowest BCUT2D eigenvalue weighted by Gasteiger charge is -1.94. The summed E-state index contributed by atoms with van der Waals surface area (Å²) in [4.78, 5) is 0. The Morgan fingerprint density at radius 2 is 2.30 bits per heavy atom. The molecule has 0 spiro atoms. The molecule has 0 fully saturated rings. The van der Waals surface area contributed by atoms with Crippen molar-refractivity contribution >= 4 is 15.9 Å². The second kappa shape index (κ2) is 3.06. The van der Waals surface area contributed by atoms with Crippen LogP contribution in [0.4, 0.5) is 0 Å². The van der Waals surface area contributed by atoms with Crippen molar-refractivity contribution in [1.82, 2.24) is 0 Å². The lowest BCUT2D eigenvalue weighted by atomic mass is 10.2. The van der Waals surface area contributed by atoms with E-state index in [-0.39, 0.29) is 0 Å². The molecule has 54 valence electrons. The summed E-state index contributed by atoms with van der Waals surface area (Å²) in [5.41, 5.74) is 2.09. The van der Waals surface area contributed by atoms with Crippen molar-refractivity contribution in [2.24, 2.45) is 0 Å². The van der Waals surface area contributed by atoms with Crippen LogP contribution in [0.1, 0.15) is 6.92 Å². The maximum Gasteiger partial charge on any atom is 0.110 e. The molecule has 0 unspecified atom stereocenters. The summed E-state index contributed by atoms with van der Waals surface area (Å²) in [6.07, 6.45) is 5.84. The first kappa shape index (κ1) is 7.61. The molecule has 0 atom stereocenters. The van der Waals surface area contributed by atoms with Crippen LogP contribution in [0.15, 0.2) is 35.1 Å². The Morgan fingerprint density at radius 3 is 2.70 bits per heavy atom. The van der Waals surface area contributed by atoms with Gasteiger partial charge in [-0.1, -0.05) is 33.7 Å². The summed E-state index contributed by atoms with van der Waals surface area (Å²) in [6, 6.07) is 0. The quantitative estimate of drug-likeness (QED) is 0.510. The fourth-order valence-corrected chi connectivity index (χ4v) is 1.14. The summed E-state index contributed by atoms with van der Waals surface area (Å²) in [5, 5.41) is 9.74. The average Bonchev–Trinajstić information content (AvgIpc) is 2.34. The number of allylic oxidation sites excluding steroid dienone is 6. The molecule has 1 nitrogen and oxygen atoms in total. The van der Waals surface area contributed by atoms with Crippen molar-refractivity contribution in [2.45, 2.75) is 6.92 Å². The Morgan fingerprint density at radius 1 is 1.60 bits per heavy atom. The highest BCUT2D eigenvalue weighted by Crippen LogP contribution is 2.17.